The molecule has 1 fully saturated rings. The summed E-state index contributed by atoms with van der Waals surface area (Å²) in [6, 6.07) is 8.42. The van der Waals surface area contributed by atoms with Crippen LogP contribution in [0.15, 0.2) is 24.3 Å². The van der Waals surface area contributed by atoms with Crippen LogP contribution in [0.5, 0.6) is 5.75 Å². The molecule has 1 atom stereocenters. The third-order valence-corrected chi connectivity index (χ3v) is 3.97. The molecule has 21 heavy (non-hydrogen) atoms. The number of Topliss-reactive ketones (excluding diaryl/α,β-unsaturated/α-hetero) is 1. The highest BCUT2D eigenvalue weighted by Gasteiger charge is 2.31. The van der Waals surface area contributed by atoms with Crippen LogP contribution >= 0.6 is 12.6 Å². The molecule has 1 aromatic rings. The van der Waals surface area contributed by atoms with Gasteiger partial charge in [-0.2, -0.15) is 12.6 Å². The number of ketones is 1. The molecule has 0 amide bonds. The number of benzene rings is 1. The molecular weight excluding hydrogens is 282 g/mol. The SMILES string of the molecule is CC(S)N[C@H]1C[C@@H](Oc2ccc(CC(=O)C(C)C)cc2)C1. The summed E-state index contributed by atoms with van der Waals surface area (Å²) >= 11 is 4.33. The number of hydrogen-bond donors (Lipinski definition) is 2. The van der Waals surface area contributed by atoms with E-state index in [2.05, 4.69) is 17.9 Å². The fraction of sp³-hybridized carbons (Fsp3) is 0.588. The number of carbonyl (C=O) groups is 1. The lowest BCUT2D eigenvalue weighted by Crippen LogP contribution is -2.48. The zero-order valence-electron chi connectivity index (χ0n) is 13.0. The third-order valence-electron chi connectivity index (χ3n) is 3.82. The molecule has 1 aliphatic rings. The quantitative estimate of drug-likeness (QED) is 0.600. The second-order valence-electron chi connectivity index (χ2n) is 6.19. The summed E-state index contributed by atoms with van der Waals surface area (Å²) < 4.78 is 5.92. The van der Waals surface area contributed by atoms with Crippen LogP contribution in [-0.4, -0.2) is 23.3 Å². The topological polar surface area (TPSA) is 38.3 Å². The van der Waals surface area contributed by atoms with Crippen LogP contribution in [0.1, 0.15) is 39.2 Å². The molecule has 2 rings (SSSR count). The summed E-state index contributed by atoms with van der Waals surface area (Å²) in [4.78, 5) is 11.7. The number of ether oxygens (including phenoxy) is 1. The number of hydrogen-bond acceptors (Lipinski definition) is 4. The Kier molecular flexibility index (Phi) is 5.71. The van der Waals surface area contributed by atoms with E-state index < -0.39 is 0 Å². The van der Waals surface area contributed by atoms with Gasteiger partial charge in [-0.3, -0.25) is 4.79 Å². The molecule has 1 aromatic carbocycles. The Bertz CT molecular complexity index is 464. The van der Waals surface area contributed by atoms with Crippen LogP contribution in [0.2, 0.25) is 0 Å². The fourth-order valence-corrected chi connectivity index (χ4v) is 2.63. The van der Waals surface area contributed by atoms with Crippen molar-refractivity contribution in [3.05, 3.63) is 29.8 Å². The van der Waals surface area contributed by atoms with Gasteiger partial charge in [0.1, 0.15) is 17.6 Å². The number of thiol groups is 1. The van der Waals surface area contributed by atoms with Crippen molar-refractivity contribution in [3.63, 3.8) is 0 Å². The fourth-order valence-electron chi connectivity index (χ4n) is 2.42. The molecule has 116 valence electrons. The maximum absolute atomic E-state index is 11.7. The van der Waals surface area contributed by atoms with E-state index in [-0.39, 0.29) is 23.2 Å². The highest BCUT2D eigenvalue weighted by Crippen LogP contribution is 2.26. The first kappa shape index (κ1) is 16.4. The van der Waals surface area contributed by atoms with Crippen LogP contribution in [0, 0.1) is 5.92 Å². The smallest absolute Gasteiger partial charge is 0.139 e. The summed E-state index contributed by atoms with van der Waals surface area (Å²) in [5.74, 6) is 1.25. The number of nitrogens with one attached hydrogen (secondary N) is 1. The minimum atomic E-state index is 0.0922. The second-order valence-corrected chi connectivity index (χ2v) is 6.97. The first-order valence-corrected chi connectivity index (χ1v) is 8.18. The van der Waals surface area contributed by atoms with E-state index in [1.807, 2.05) is 45.0 Å². The van der Waals surface area contributed by atoms with Crippen molar-refractivity contribution in [2.45, 2.75) is 57.6 Å². The lowest BCUT2D eigenvalue weighted by molar-refractivity contribution is -0.121. The van der Waals surface area contributed by atoms with Crippen molar-refractivity contribution in [2.75, 3.05) is 0 Å². The van der Waals surface area contributed by atoms with Gasteiger partial charge in [-0.1, -0.05) is 26.0 Å². The molecule has 4 heteroatoms. The normalized spacial score (nSPS) is 22.7. The van der Waals surface area contributed by atoms with Gasteiger partial charge in [0.15, 0.2) is 0 Å². The Morgan fingerprint density at radius 2 is 1.90 bits per heavy atom. The van der Waals surface area contributed by atoms with E-state index in [9.17, 15) is 4.79 Å². The van der Waals surface area contributed by atoms with Crippen molar-refractivity contribution >= 4 is 18.4 Å². The highest BCUT2D eigenvalue weighted by atomic mass is 32.1. The maximum Gasteiger partial charge on any atom is 0.139 e. The Labute approximate surface area is 132 Å². The van der Waals surface area contributed by atoms with Crippen molar-refractivity contribution in [3.8, 4) is 5.75 Å². The van der Waals surface area contributed by atoms with Crippen molar-refractivity contribution < 1.29 is 9.53 Å². The van der Waals surface area contributed by atoms with E-state index >= 15 is 0 Å². The maximum atomic E-state index is 11.7. The summed E-state index contributed by atoms with van der Waals surface area (Å²) in [5, 5.41) is 3.61. The van der Waals surface area contributed by atoms with Gasteiger partial charge in [0.05, 0.1) is 0 Å². The Hall–Kier alpha value is -1.00. The molecule has 1 aliphatic carbocycles. The van der Waals surface area contributed by atoms with Gasteiger partial charge in [0.2, 0.25) is 0 Å². The Balaban J connectivity index is 1.77. The van der Waals surface area contributed by atoms with Crippen LogP contribution < -0.4 is 10.1 Å². The van der Waals surface area contributed by atoms with Gasteiger partial charge < -0.3 is 10.1 Å². The molecule has 1 unspecified atom stereocenters. The summed E-state index contributed by atoms with van der Waals surface area (Å²) in [6.45, 7) is 5.91. The largest absolute Gasteiger partial charge is 0.490 e. The van der Waals surface area contributed by atoms with Gasteiger partial charge in [-0.15, -0.1) is 0 Å². The van der Waals surface area contributed by atoms with Crippen LogP contribution in [0.25, 0.3) is 0 Å². The second kappa shape index (κ2) is 7.32. The van der Waals surface area contributed by atoms with Gasteiger partial charge in [0.25, 0.3) is 0 Å². The predicted octanol–water partition coefficient (Wildman–Crippen LogP) is 3.23. The Morgan fingerprint density at radius 1 is 1.29 bits per heavy atom. The van der Waals surface area contributed by atoms with Gasteiger partial charge >= 0.3 is 0 Å². The van der Waals surface area contributed by atoms with E-state index in [1.54, 1.807) is 0 Å². The molecule has 0 radical (unpaired) electrons. The van der Waals surface area contributed by atoms with Gasteiger partial charge in [-0.25, -0.2) is 0 Å². The molecule has 0 bridgehead atoms. The van der Waals surface area contributed by atoms with Crippen molar-refractivity contribution in [1.29, 1.82) is 0 Å². The first-order chi connectivity index (χ1) is 9.94. The summed E-state index contributed by atoms with van der Waals surface area (Å²) in [6.07, 6.45) is 2.85. The highest BCUT2D eigenvalue weighted by molar-refractivity contribution is 7.80. The van der Waals surface area contributed by atoms with Crippen molar-refractivity contribution in [1.82, 2.24) is 5.32 Å². The minimum Gasteiger partial charge on any atom is -0.490 e. The lowest BCUT2D eigenvalue weighted by Gasteiger charge is -2.36. The van der Waals surface area contributed by atoms with Gasteiger partial charge in [-0.05, 0) is 37.5 Å². The predicted molar refractivity (Wildman–Crippen MR) is 89.0 cm³/mol. The average Bonchev–Trinajstić information content (AvgIpc) is 2.37. The van der Waals surface area contributed by atoms with Crippen LogP contribution in [0.4, 0.5) is 0 Å². The zero-order chi connectivity index (χ0) is 15.4. The molecule has 0 spiro atoms. The summed E-state index contributed by atoms with van der Waals surface area (Å²) in [7, 11) is 0. The molecule has 1 N–H and O–H groups in total. The molecule has 0 aromatic heterocycles. The number of carbonyl (C=O) groups excluding carboxylic acids is 1. The van der Waals surface area contributed by atoms with Crippen LogP contribution in [0.3, 0.4) is 0 Å². The van der Waals surface area contributed by atoms with Crippen LogP contribution in [-0.2, 0) is 11.2 Å². The van der Waals surface area contributed by atoms with E-state index in [4.69, 9.17) is 4.74 Å². The average molecular weight is 307 g/mol. The monoisotopic (exact) mass is 307 g/mol. The standard InChI is InChI=1S/C17H25NO2S/c1-11(2)17(19)8-13-4-6-15(7-5-13)20-16-9-14(10-16)18-12(3)21/h4-7,11-12,14,16,18,21H,8-10H2,1-3H3/t12?,14-,16+. The molecule has 1 saturated carbocycles. The molecule has 0 heterocycles. The minimum absolute atomic E-state index is 0.0922. The van der Waals surface area contributed by atoms with E-state index in [1.165, 1.54) is 0 Å². The lowest BCUT2D eigenvalue weighted by atomic mass is 9.89. The molecule has 0 saturated heterocycles. The molecular formula is C17H25NO2S. The Morgan fingerprint density at radius 3 is 2.43 bits per heavy atom. The van der Waals surface area contributed by atoms with Gasteiger partial charge in [0, 0.05) is 23.8 Å². The first-order valence-electron chi connectivity index (χ1n) is 7.66. The zero-order valence-corrected chi connectivity index (χ0v) is 13.9. The molecule has 0 aliphatic heterocycles. The third kappa shape index (κ3) is 5.04. The van der Waals surface area contributed by atoms with E-state index in [0.29, 0.717) is 12.5 Å². The number of rotatable bonds is 7. The van der Waals surface area contributed by atoms with Crippen molar-refractivity contribution in [2.24, 2.45) is 5.92 Å². The van der Waals surface area contributed by atoms with E-state index in [0.717, 1.165) is 24.2 Å². The summed E-state index contributed by atoms with van der Waals surface area (Å²) in [5.41, 5.74) is 1.05. The molecule has 3 nitrogen and oxygen atoms in total.